The topological polar surface area (TPSA) is 50.1 Å². The minimum absolute atomic E-state index is 0.121. The zero-order valence-electron chi connectivity index (χ0n) is 13.0. The summed E-state index contributed by atoms with van der Waals surface area (Å²) < 4.78 is 18.9. The molecule has 0 bridgehead atoms. The molecule has 0 atom stereocenters. The summed E-state index contributed by atoms with van der Waals surface area (Å²) in [5.74, 6) is -0.785. The minimum Gasteiger partial charge on any atom is -0.424 e. The normalized spacial score (nSPS) is 11.0. The lowest BCUT2D eigenvalue weighted by atomic mass is 9.97. The van der Waals surface area contributed by atoms with Crippen LogP contribution in [0, 0.1) is 22.6 Å². The highest BCUT2D eigenvalue weighted by atomic mass is 35.5. The molecule has 0 saturated carbocycles. The first-order valence-corrected chi connectivity index (χ1v) is 7.32. The van der Waals surface area contributed by atoms with Crippen LogP contribution in [0.25, 0.3) is 11.1 Å². The quantitative estimate of drug-likeness (QED) is 0.576. The molecule has 2 aromatic carbocycles. The fourth-order valence-corrected chi connectivity index (χ4v) is 2.14. The van der Waals surface area contributed by atoms with E-state index in [0.717, 1.165) is 0 Å². The lowest BCUT2D eigenvalue weighted by molar-refractivity contribution is -0.142. The van der Waals surface area contributed by atoms with E-state index in [2.05, 4.69) is 0 Å². The Labute approximate surface area is 139 Å². The summed E-state index contributed by atoms with van der Waals surface area (Å²) in [5, 5.41) is 9.23. The Kier molecular flexibility index (Phi) is 4.72. The van der Waals surface area contributed by atoms with E-state index < -0.39 is 17.2 Å². The molecule has 0 spiro atoms. The standard InChI is InChI=1S/C18H15ClFNO2/c1-18(2,3)17(22)23-16-14(7-11(10-21)8-15(16)19)12-5-4-6-13(20)9-12/h4-9H,1-3H3. The van der Waals surface area contributed by atoms with Crippen LogP contribution in [0.5, 0.6) is 5.75 Å². The number of carbonyl (C=O) groups excluding carboxylic acids is 1. The van der Waals surface area contributed by atoms with Crippen LogP contribution in [0.4, 0.5) is 4.39 Å². The maximum Gasteiger partial charge on any atom is 0.316 e. The second-order valence-electron chi connectivity index (χ2n) is 6.10. The molecule has 3 nitrogen and oxygen atoms in total. The van der Waals surface area contributed by atoms with Crippen molar-refractivity contribution in [3.8, 4) is 22.9 Å². The molecule has 5 heteroatoms. The highest BCUT2D eigenvalue weighted by molar-refractivity contribution is 6.32. The van der Waals surface area contributed by atoms with Gasteiger partial charge in [-0.15, -0.1) is 0 Å². The Balaban J connectivity index is 2.62. The Bertz CT molecular complexity index is 804. The Morgan fingerprint density at radius 3 is 2.52 bits per heavy atom. The van der Waals surface area contributed by atoms with E-state index in [4.69, 9.17) is 21.6 Å². The summed E-state index contributed by atoms with van der Waals surface area (Å²) >= 11 is 6.18. The average Bonchev–Trinajstić information content (AvgIpc) is 2.47. The van der Waals surface area contributed by atoms with Gasteiger partial charge in [0.1, 0.15) is 5.82 Å². The van der Waals surface area contributed by atoms with Crippen molar-refractivity contribution in [2.75, 3.05) is 0 Å². The molecule has 0 amide bonds. The van der Waals surface area contributed by atoms with Gasteiger partial charge in [-0.2, -0.15) is 5.26 Å². The van der Waals surface area contributed by atoms with E-state index in [1.165, 1.54) is 30.3 Å². The lowest BCUT2D eigenvalue weighted by Crippen LogP contribution is -2.26. The van der Waals surface area contributed by atoms with Gasteiger partial charge in [0.2, 0.25) is 0 Å². The first-order valence-electron chi connectivity index (χ1n) is 6.94. The van der Waals surface area contributed by atoms with Gasteiger partial charge in [0.15, 0.2) is 5.75 Å². The predicted octanol–water partition coefficient (Wildman–Crippen LogP) is 4.97. The molecule has 0 heterocycles. The van der Waals surface area contributed by atoms with Crippen molar-refractivity contribution < 1.29 is 13.9 Å². The van der Waals surface area contributed by atoms with Gasteiger partial charge in [-0.3, -0.25) is 4.79 Å². The molecule has 23 heavy (non-hydrogen) atoms. The average molecular weight is 332 g/mol. The van der Waals surface area contributed by atoms with Crippen LogP contribution in [0.3, 0.4) is 0 Å². The Morgan fingerprint density at radius 1 is 1.26 bits per heavy atom. The summed E-state index contributed by atoms with van der Waals surface area (Å²) in [6, 6.07) is 10.7. The number of esters is 1. The number of hydrogen-bond donors (Lipinski definition) is 0. The van der Waals surface area contributed by atoms with E-state index >= 15 is 0 Å². The van der Waals surface area contributed by atoms with E-state index in [0.29, 0.717) is 16.7 Å². The van der Waals surface area contributed by atoms with Gasteiger partial charge < -0.3 is 4.74 Å². The van der Waals surface area contributed by atoms with Gasteiger partial charge in [0.05, 0.1) is 22.1 Å². The lowest BCUT2D eigenvalue weighted by Gasteiger charge is -2.19. The summed E-state index contributed by atoms with van der Waals surface area (Å²) in [5.41, 5.74) is 0.438. The van der Waals surface area contributed by atoms with Crippen molar-refractivity contribution in [3.05, 3.63) is 52.8 Å². The molecule has 118 valence electrons. The van der Waals surface area contributed by atoms with Crippen molar-refractivity contribution in [2.24, 2.45) is 5.41 Å². The number of carbonyl (C=O) groups is 1. The zero-order chi connectivity index (χ0) is 17.2. The number of benzene rings is 2. The molecule has 0 N–H and O–H groups in total. The third-order valence-electron chi connectivity index (χ3n) is 3.12. The second kappa shape index (κ2) is 6.39. The number of halogens is 2. The number of nitrogens with zero attached hydrogens (tertiary/aromatic N) is 1. The molecule has 0 unspecified atom stereocenters. The fraction of sp³-hybridized carbons (Fsp3) is 0.222. The van der Waals surface area contributed by atoms with Gasteiger partial charge in [0.25, 0.3) is 0 Å². The molecule has 0 aliphatic heterocycles. The fourth-order valence-electron chi connectivity index (χ4n) is 1.88. The van der Waals surface area contributed by atoms with Crippen LogP contribution in [-0.4, -0.2) is 5.97 Å². The third-order valence-corrected chi connectivity index (χ3v) is 3.40. The van der Waals surface area contributed by atoms with Crippen molar-refractivity contribution >= 4 is 17.6 Å². The molecular weight excluding hydrogens is 317 g/mol. The minimum atomic E-state index is -0.726. The molecule has 0 aliphatic rings. The molecule has 2 rings (SSSR count). The summed E-state index contributed by atoms with van der Waals surface area (Å²) in [6.45, 7) is 5.15. The van der Waals surface area contributed by atoms with E-state index in [1.54, 1.807) is 26.8 Å². The van der Waals surface area contributed by atoms with Gasteiger partial charge >= 0.3 is 5.97 Å². The monoisotopic (exact) mass is 331 g/mol. The van der Waals surface area contributed by atoms with Gasteiger partial charge in [-0.05, 0) is 50.6 Å². The molecule has 0 radical (unpaired) electrons. The van der Waals surface area contributed by atoms with Crippen molar-refractivity contribution in [1.82, 2.24) is 0 Å². The highest BCUT2D eigenvalue weighted by Crippen LogP contribution is 2.38. The maximum absolute atomic E-state index is 13.5. The van der Waals surface area contributed by atoms with Crippen LogP contribution in [0.1, 0.15) is 26.3 Å². The molecule has 2 aromatic rings. The molecule has 0 fully saturated rings. The number of rotatable bonds is 2. The molecule has 0 saturated heterocycles. The number of hydrogen-bond acceptors (Lipinski definition) is 3. The largest absolute Gasteiger partial charge is 0.424 e. The van der Waals surface area contributed by atoms with Crippen LogP contribution >= 0.6 is 11.6 Å². The number of ether oxygens (including phenoxy) is 1. The molecule has 0 aliphatic carbocycles. The summed E-state index contributed by atoms with van der Waals surface area (Å²) in [7, 11) is 0. The Morgan fingerprint density at radius 2 is 1.96 bits per heavy atom. The first kappa shape index (κ1) is 17.0. The van der Waals surface area contributed by atoms with Crippen molar-refractivity contribution in [2.45, 2.75) is 20.8 Å². The van der Waals surface area contributed by atoms with Gasteiger partial charge in [-0.25, -0.2) is 4.39 Å². The SMILES string of the molecule is CC(C)(C)C(=O)Oc1c(Cl)cc(C#N)cc1-c1cccc(F)c1. The van der Waals surface area contributed by atoms with E-state index in [9.17, 15) is 9.18 Å². The maximum atomic E-state index is 13.5. The van der Waals surface area contributed by atoms with Crippen LogP contribution < -0.4 is 4.74 Å². The van der Waals surface area contributed by atoms with Crippen molar-refractivity contribution in [1.29, 1.82) is 5.26 Å². The van der Waals surface area contributed by atoms with Gasteiger partial charge in [0, 0.05) is 5.56 Å². The predicted molar refractivity (Wildman–Crippen MR) is 86.7 cm³/mol. The van der Waals surface area contributed by atoms with E-state index in [1.807, 2.05) is 6.07 Å². The Hall–Kier alpha value is -2.38. The molecular formula is C18H15ClFNO2. The van der Waals surface area contributed by atoms with Gasteiger partial charge in [-0.1, -0.05) is 23.7 Å². The van der Waals surface area contributed by atoms with Crippen LogP contribution in [0.15, 0.2) is 36.4 Å². The first-order chi connectivity index (χ1) is 10.7. The molecule has 0 aromatic heterocycles. The zero-order valence-corrected chi connectivity index (χ0v) is 13.7. The highest BCUT2D eigenvalue weighted by Gasteiger charge is 2.26. The second-order valence-corrected chi connectivity index (χ2v) is 6.50. The van der Waals surface area contributed by atoms with Crippen LogP contribution in [-0.2, 0) is 4.79 Å². The van der Waals surface area contributed by atoms with Crippen LogP contribution in [0.2, 0.25) is 5.02 Å². The van der Waals surface area contributed by atoms with E-state index in [-0.39, 0.29) is 10.8 Å². The number of nitriles is 1. The smallest absolute Gasteiger partial charge is 0.316 e. The summed E-state index contributed by atoms with van der Waals surface area (Å²) in [4.78, 5) is 12.2. The summed E-state index contributed by atoms with van der Waals surface area (Å²) in [6.07, 6.45) is 0. The third kappa shape index (κ3) is 3.88. The van der Waals surface area contributed by atoms with Crippen molar-refractivity contribution in [3.63, 3.8) is 0 Å².